The van der Waals surface area contributed by atoms with Crippen LogP contribution in [-0.4, -0.2) is 10.1 Å². The number of aliphatic hydroxyl groups is 1. The average Bonchev–Trinajstić information content (AvgIpc) is 2.35. The summed E-state index contributed by atoms with van der Waals surface area (Å²) in [5.41, 5.74) is 5.35. The molecule has 2 N–H and O–H groups in total. The van der Waals surface area contributed by atoms with Crippen molar-refractivity contribution in [2.24, 2.45) is 0 Å². The molecule has 0 aliphatic heterocycles. The summed E-state index contributed by atoms with van der Waals surface area (Å²) in [7, 11) is 0. The summed E-state index contributed by atoms with van der Waals surface area (Å²) in [6, 6.07) is 7.92. The highest BCUT2D eigenvalue weighted by Crippen LogP contribution is 2.28. The molecule has 118 valence electrons. The van der Waals surface area contributed by atoms with Crippen molar-refractivity contribution in [3.05, 3.63) is 56.9 Å². The van der Waals surface area contributed by atoms with Crippen LogP contribution in [0.1, 0.15) is 56.2 Å². The normalized spacial score (nSPS) is 13.2. The zero-order chi connectivity index (χ0) is 16.7. The first-order valence-corrected chi connectivity index (χ1v) is 7.64. The number of benzene rings is 1. The molecule has 0 aliphatic carbocycles. The van der Waals surface area contributed by atoms with E-state index in [2.05, 4.69) is 50.9 Å². The SMILES string of the molecule is Cc1cc(C(C)(C)C)ccc1-c1cc(=O)c([C@@H](C)O)c(C)[nH]1. The van der Waals surface area contributed by atoms with Crippen molar-refractivity contribution in [2.45, 2.75) is 53.1 Å². The summed E-state index contributed by atoms with van der Waals surface area (Å²) in [4.78, 5) is 15.5. The highest BCUT2D eigenvalue weighted by molar-refractivity contribution is 5.64. The second-order valence-corrected chi connectivity index (χ2v) is 7.04. The molecule has 0 bridgehead atoms. The molecule has 0 saturated heterocycles. The maximum Gasteiger partial charge on any atom is 0.188 e. The average molecular weight is 299 g/mol. The molecule has 0 unspecified atom stereocenters. The molecule has 2 rings (SSSR count). The summed E-state index contributed by atoms with van der Waals surface area (Å²) in [6.07, 6.45) is -0.762. The first-order valence-electron chi connectivity index (χ1n) is 7.64. The van der Waals surface area contributed by atoms with Gasteiger partial charge in [-0.05, 0) is 37.3 Å². The molecular weight excluding hydrogens is 274 g/mol. The molecule has 3 nitrogen and oxygen atoms in total. The van der Waals surface area contributed by atoms with E-state index >= 15 is 0 Å². The van der Waals surface area contributed by atoms with Crippen LogP contribution in [0.2, 0.25) is 0 Å². The van der Waals surface area contributed by atoms with Gasteiger partial charge in [-0.3, -0.25) is 4.79 Å². The lowest BCUT2D eigenvalue weighted by Crippen LogP contribution is -2.15. The van der Waals surface area contributed by atoms with Crippen molar-refractivity contribution in [3.8, 4) is 11.3 Å². The number of aliphatic hydroxyl groups excluding tert-OH is 1. The molecule has 22 heavy (non-hydrogen) atoms. The van der Waals surface area contributed by atoms with E-state index in [1.54, 1.807) is 13.0 Å². The Kier molecular flexibility index (Phi) is 4.30. The largest absolute Gasteiger partial charge is 0.388 e. The number of pyridine rings is 1. The van der Waals surface area contributed by atoms with Crippen LogP contribution in [0.15, 0.2) is 29.1 Å². The maximum absolute atomic E-state index is 12.2. The van der Waals surface area contributed by atoms with Crippen molar-refractivity contribution < 1.29 is 5.11 Å². The van der Waals surface area contributed by atoms with E-state index in [-0.39, 0.29) is 10.8 Å². The Bertz CT molecular complexity index is 749. The molecule has 1 aromatic heterocycles. The second-order valence-electron chi connectivity index (χ2n) is 7.04. The Hall–Kier alpha value is -1.87. The Morgan fingerprint density at radius 2 is 1.77 bits per heavy atom. The second kappa shape index (κ2) is 5.73. The summed E-state index contributed by atoms with van der Waals surface area (Å²) in [5, 5.41) is 9.71. The molecule has 3 heteroatoms. The van der Waals surface area contributed by atoms with Crippen LogP contribution in [0, 0.1) is 13.8 Å². The third-order valence-electron chi connectivity index (χ3n) is 4.07. The summed E-state index contributed by atoms with van der Waals surface area (Å²) in [5.74, 6) is 0. The standard InChI is InChI=1S/C19H25NO2/c1-11-9-14(19(4,5)6)7-8-15(11)16-10-17(22)18(13(3)21)12(2)20-16/h7-10,13,21H,1-6H3,(H,20,22)/t13-/m1/s1. The lowest BCUT2D eigenvalue weighted by molar-refractivity contribution is 0.197. The molecule has 0 fully saturated rings. The molecule has 0 radical (unpaired) electrons. The fourth-order valence-electron chi connectivity index (χ4n) is 2.80. The van der Waals surface area contributed by atoms with Crippen LogP contribution in [0.25, 0.3) is 11.3 Å². The van der Waals surface area contributed by atoms with Gasteiger partial charge in [0.1, 0.15) is 0 Å². The minimum atomic E-state index is -0.762. The van der Waals surface area contributed by atoms with E-state index in [9.17, 15) is 9.90 Å². The van der Waals surface area contributed by atoms with Gasteiger partial charge in [0.25, 0.3) is 0 Å². The fraction of sp³-hybridized carbons (Fsp3) is 0.421. The molecule has 1 aromatic carbocycles. The van der Waals surface area contributed by atoms with E-state index in [1.807, 2.05) is 6.92 Å². The van der Waals surface area contributed by atoms with Gasteiger partial charge >= 0.3 is 0 Å². The number of hydrogen-bond donors (Lipinski definition) is 2. The van der Waals surface area contributed by atoms with Gasteiger partial charge in [0, 0.05) is 28.6 Å². The number of hydrogen-bond acceptors (Lipinski definition) is 2. The summed E-state index contributed by atoms with van der Waals surface area (Å²) < 4.78 is 0. The number of aromatic nitrogens is 1. The highest BCUT2D eigenvalue weighted by Gasteiger charge is 2.16. The Morgan fingerprint density at radius 1 is 1.14 bits per heavy atom. The number of nitrogens with one attached hydrogen (secondary N) is 1. The van der Waals surface area contributed by atoms with Gasteiger partial charge in [0.05, 0.1) is 6.10 Å². The Morgan fingerprint density at radius 3 is 2.23 bits per heavy atom. The van der Waals surface area contributed by atoms with E-state index in [4.69, 9.17) is 0 Å². The predicted octanol–water partition coefficient (Wildman–Crippen LogP) is 4.01. The minimum absolute atomic E-state index is 0.1000. The summed E-state index contributed by atoms with van der Waals surface area (Å²) >= 11 is 0. The first kappa shape index (κ1) is 16.5. The number of rotatable bonds is 2. The van der Waals surface area contributed by atoms with Crippen molar-refractivity contribution in [3.63, 3.8) is 0 Å². The Balaban J connectivity index is 2.56. The van der Waals surface area contributed by atoms with Gasteiger partial charge in [-0.25, -0.2) is 0 Å². The lowest BCUT2D eigenvalue weighted by Gasteiger charge is -2.21. The zero-order valence-electron chi connectivity index (χ0n) is 14.2. The van der Waals surface area contributed by atoms with Gasteiger partial charge in [-0.15, -0.1) is 0 Å². The van der Waals surface area contributed by atoms with Crippen LogP contribution in [0.3, 0.4) is 0 Å². The molecule has 2 aromatic rings. The van der Waals surface area contributed by atoms with Crippen molar-refractivity contribution in [2.75, 3.05) is 0 Å². The molecule has 0 aliphatic rings. The smallest absolute Gasteiger partial charge is 0.188 e. The van der Waals surface area contributed by atoms with Crippen LogP contribution in [-0.2, 0) is 5.41 Å². The fourth-order valence-corrected chi connectivity index (χ4v) is 2.80. The quantitative estimate of drug-likeness (QED) is 0.880. The van der Waals surface area contributed by atoms with E-state index in [1.165, 1.54) is 5.56 Å². The highest BCUT2D eigenvalue weighted by atomic mass is 16.3. The van der Waals surface area contributed by atoms with Crippen molar-refractivity contribution in [1.82, 2.24) is 4.98 Å². The van der Waals surface area contributed by atoms with Crippen LogP contribution in [0.4, 0.5) is 0 Å². The van der Waals surface area contributed by atoms with E-state index < -0.39 is 6.10 Å². The molecular formula is C19H25NO2. The number of aromatic amines is 1. The zero-order valence-corrected chi connectivity index (χ0v) is 14.2. The first-order chi connectivity index (χ1) is 10.1. The molecule has 0 saturated carbocycles. The van der Waals surface area contributed by atoms with Gasteiger partial charge in [0.15, 0.2) is 5.43 Å². The number of H-pyrrole nitrogens is 1. The van der Waals surface area contributed by atoms with Crippen molar-refractivity contribution >= 4 is 0 Å². The third kappa shape index (κ3) is 3.14. The van der Waals surface area contributed by atoms with Crippen LogP contribution in [0.5, 0.6) is 0 Å². The summed E-state index contributed by atoms with van der Waals surface area (Å²) in [6.45, 7) is 12.0. The molecule has 0 spiro atoms. The lowest BCUT2D eigenvalue weighted by atomic mass is 9.85. The predicted molar refractivity (Wildman–Crippen MR) is 91.3 cm³/mol. The third-order valence-corrected chi connectivity index (χ3v) is 4.07. The van der Waals surface area contributed by atoms with Gasteiger partial charge < -0.3 is 10.1 Å². The number of aryl methyl sites for hydroxylation is 2. The molecule has 0 amide bonds. The minimum Gasteiger partial charge on any atom is -0.388 e. The van der Waals surface area contributed by atoms with E-state index in [0.717, 1.165) is 22.5 Å². The molecule has 1 heterocycles. The van der Waals surface area contributed by atoms with Crippen LogP contribution >= 0.6 is 0 Å². The monoisotopic (exact) mass is 299 g/mol. The van der Waals surface area contributed by atoms with Gasteiger partial charge in [-0.1, -0.05) is 39.0 Å². The molecule has 1 atom stereocenters. The van der Waals surface area contributed by atoms with Crippen LogP contribution < -0.4 is 5.43 Å². The van der Waals surface area contributed by atoms with Gasteiger partial charge in [-0.2, -0.15) is 0 Å². The van der Waals surface area contributed by atoms with Gasteiger partial charge in [0.2, 0.25) is 0 Å². The van der Waals surface area contributed by atoms with E-state index in [0.29, 0.717) is 5.56 Å². The maximum atomic E-state index is 12.2. The van der Waals surface area contributed by atoms with Crippen molar-refractivity contribution in [1.29, 1.82) is 0 Å². The Labute approximate surface area is 132 Å². The topological polar surface area (TPSA) is 53.1 Å².